The maximum atomic E-state index is 12.7. The molecule has 0 saturated carbocycles. The largest absolute Gasteiger partial charge is 0.271 e. The molecule has 0 bridgehead atoms. The van der Waals surface area contributed by atoms with Crippen molar-refractivity contribution in [1.29, 1.82) is 0 Å². The van der Waals surface area contributed by atoms with Crippen LogP contribution in [0, 0.1) is 11.7 Å². The monoisotopic (exact) mass is 256 g/mol. The van der Waals surface area contributed by atoms with E-state index >= 15 is 0 Å². The van der Waals surface area contributed by atoms with E-state index in [-0.39, 0.29) is 5.82 Å². The molecule has 0 amide bonds. The van der Waals surface area contributed by atoms with Crippen LogP contribution in [0.25, 0.3) is 0 Å². The zero-order valence-corrected chi connectivity index (χ0v) is 11.3. The van der Waals surface area contributed by atoms with Crippen molar-refractivity contribution in [3.63, 3.8) is 0 Å². The summed E-state index contributed by atoms with van der Waals surface area (Å²) in [7, 11) is 0. The molecule has 2 nitrogen and oxygen atoms in total. The molecule has 1 aromatic carbocycles. The predicted octanol–water partition coefficient (Wildman–Crippen LogP) is 3.19. The molecule has 0 aromatic heterocycles. The highest BCUT2D eigenvalue weighted by atomic mass is 32.2. The van der Waals surface area contributed by atoms with Gasteiger partial charge in [-0.3, -0.25) is 11.3 Å². The number of rotatable bonds is 7. The van der Waals surface area contributed by atoms with Crippen LogP contribution in [0.4, 0.5) is 4.39 Å². The number of nitrogens with two attached hydrogens (primary N) is 1. The van der Waals surface area contributed by atoms with Gasteiger partial charge in [0.1, 0.15) is 5.82 Å². The summed E-state index contributed by atoms with van der Waals surface area (Å²) in [4.78, 5) is 1.08. The van der Waals surface area contributed by atoms with Crippen molar-refractivity contribution in [3.8, 4) is 0 Å². The Balaban J connectivity index is 2.49. The van der Waals surface area contributed by atoms with Gasteiger partial charge in [-0.15, -0.1) is 11.8 Å². The quantitative estimate of drug-likeness (QED) is 0.447. The zero-order chi connectivity index (χ0) is 12.7. The van der Waals surface area contributed by atoms with E-state index in [1.807, 2.05) is 0 Å². The maximum Gasteiger partial charge on any atom is 0.123 e. The van der Waals surface area contributed by atoms with E-state index in [2.05, 4.69) is 19.3 Å². The molecule has 96 valence electrons. The van der Waals surface area contributed by atoms with Crippen molar-refractivity contribution in [2.75, 3.05) is 5.75 Å². The Kier molecular flexibility index (Phi) is 6.55. The van der Waals surface area contributed by atoms with Crippen LogP contribution in [0.3, 0.4) is 0 Å². The van der Waals surface area contributed by atoms with Crippen LogP contribution in [0.2, 0.25) is 0 Å². The number of halogens is 1. The van der Waals surface area contributed by atoms with Gasteiger partial charge in [-0.05, 0) is 30.2 Å². The highest BCUT2D eigenvalue weighted by Gasteiger charge is 2.16. The number of thioether (sulfide) groups is 1. The SMILES string of the molecule is CCC(CC)C(CSc1ccc(F)cc1)NN. The second-order valence-corrected chi connectivity index (χ2v) is 5.21. The average Bonchev–Trinajstić information content (AvgIpc) is 2.36. The van der Waals surface area contributed by atoms with Crippen molar-refractivity contribution < 1.29 is 4.39 Å². The van der Waals surface area contributed by atoms with Crippen LogP contribution >= 0.6 is 11.8 Å². The summed E-state index contributed by atoms with van der Waals surface area (Å²) in [6, 6.07) is 6.90. The third kappa shape index (κ3) is 4.66. The van der Waals surface area contributed by atoms with Crippen molar-refractivity contribution in [3.05, 3.63) is 30.1 Å². The van der Waals surface area contributed by atoms with Gasteiger partial charge in [0, 0.05) is 16.7 Å². The first-order chi connectivity index (χ1) is 8.21. The summed E-state index contributed by atoms with van der Waals surface area (Å²) in [5.74, 6) is 6.90. The van der Waals surface area contributed by atoms with E-state index in [1.54, 1.807) is 23.9 Å². The molecule has 3 N–H and O–H groups in total. The van der Waals surface area contributed by atoms with E-state index in [4.69, 9.17) is 5.84 Å². The molecule has 0 aliphatic heterocycles. The summed E-state index contributed by atoms with van der Waals surface area (Å²) < 4.78 is 12.7. The first-order valence-corrected chi connectivity index (χ1v) is 7.04. The average molecular weight is 256 g/mol. The Morgan fingerprint density at radius 1 is 1.24 bits per heavy atom. The summed E-state index contributed by atoms with van der Waals surface area (Å²) >= 11 is 1.71. The highest BCUT2D eigenvalue weighted by molar-refractivity contribution is 7.99. The van der Waals surface area contributed by atoms with Gasteiger partial charge in [0.25, 0.3) is 0 Å². The van der Waals surface area contributed by atoms with Crippen molar-refractivity contribution in [2.24, 2.45) is 11.8 Å². The Labute approximate surface area is 107 Å². The number of nitrogens with one attached hydrogen (secondary N) is 1. The number of benzene rings is 1. The molecule has 0 heterocycles. The molecule has 1 unspecified atom stereocenters. The second-order valence-electron chi connectivity index (χ2n) is 4.11. The Morgan fingerprint density at radius 3 is 2.29 bits per heavy atom. The molecule has 4 heteroatoms. The lowest BCUT2D eigenvalue weighted by Gasteiger charge is -2.24. The van der Waals surface area contributed by atoms with Gasteiger partial charge in [-0.1, -0.05) is 26.7 Å². The molecule has 1 atom stereocenters. The normalized spacial score (nSPS) is 13.0. The van der Waals surface area contributed by atoms with E-state index in [0.717, 1.165) is 23.5 Å². The third-order valence-corrected chi connectivity index (χ3v) is 4.21. The van der Waals surface area contributed by atoms with E-state index in [1.165, 1.54) is 12.1 Å². The van der Waals surface area contributed by atoms with Gasteiger partial charge in [0.15, 0.2) is 0 Å². The molecule has 1 aromatic rings. The lowest BCUT2D eigenvalue weighted by molar-refractivity contribution is 0.364. The van der Waals surface area contributed by atoms with Gasteiger partial charge in [0.2, 0.25) is 0 Å². The molecule has 1 rings (SSSR count). The summed E-state index contributed by atoms with van der Waals surface area (Å²) in [5.41, 5.74) is 2.89. The lowest BCUT2D eigenvalue weighted by Crippen LogP contribution is -2.42. The minimum absolute atomic E-state index is 0.192. The van der Waals surface area contributed by atoms with Crippen molar-refractivity contribution in [1.82, 2.24) is 5.43 Å². The fourth-order valence-corrected chi connectivity index (χ4v) is 2.96. The predicted molar refractivity (Wildman–Crippen MR) is 72.3 cm³/mol. The fourth-order valence-electron chi connectivity index (χ4n) is 1.89. The van der Waals surface area contributed by atoms with Crippen LogP contribution < -0.4 is 11.3 Å². The van der Waals surface area contributed by atoms with Crippen LogP contribution in [0.5, 0.6) is 0 Å². The smallest absolute Gasteiger partial charge is 0.123 e. The fraction of sp³-hybridized carbons (Fsp3) is 0.538. The van der Waals surface area contributed by atoms with E-state index in [0.29, 0.717) is 12.0 Å². The molecular formula is C13H21FN2S. The van der Waals surface area contributed by atoms with Gasteiger partial charge in [-0.25, -0.2) is 4.39 Å². The van der Waals surface area contributed by atoms with Gasteiger partial charge in [0.05, 0.1) is 0 Å². The van der Waals surface area contributed by atoms with Crippen molar-refractivity contribution in [2.45, 2.75) is 37.6 Å². The molecule has 0 fully saturated rings. The summed E-state index contributed by atoms with van der Waals surface area (Å²) in [6.45, 7) is 4.36. The van der Waals surface area contributed by atoms with Gasteiger partial charge in [-0.2, -0.15) is 0 Å². The van der Waals surface area contributed by atoms with Gasteiger partial charge < -0.3 is 0 Å². The third-order valence-electron chi connectivity index (χ3n) is 3.08. The summed E-state index contributed by atoms with van der Waals surface area (Å²) in [5, 5.41) is 0. The molecular weight excluding hydrogens is 235 g/mol. The van der Waals surface area contributed by atoms with Crippen LogP contribution in [0.15, 0.2) is 29.2 Å². The Bertz CT molecular complexity index is 312. The second kappa shape index (κ2) is 7.69. The number of hydrogen-bond donors (Lipinski definition) is 2. The molecule has 0 spiro atoms. The lowest BCUT2D eigenvalue weighted by atomic mass is 9.96. The van der Waals surface area contributed by atoms with Gasteiger partial charge >= 0.3 is 0 Å². The first kappa shape index (κ1) is 14.5. The van der Waals surface area contributed by atoms with Crippen molar-refractivity contribution >= 4 is 11.8 Å². The zero-order valence-electron chi connectivity index (χ0n) is 10.4. The topological polar surface area (TPSA) is 38.0 Å². The number of hydrogen-bond acceptors (Lipinski definition) is 3. The first-order valence-electron chi connectivity index (χ1n) is 6.05. The van der Waals surface area contributed by atoms with E-state index in [9.17, 15) is 4.39 Å². The highest BCUT2D eigenvalue weighted by Crippen LogP contribution is 2.23. The molecule has 0 saturated heterocycles. The number of hydrazine groups is 1. The standard InChI is InChI=1S/C13H21FN2S/c1-3-10(4-2)13(16-15)9-17-12-7-5-11(14)6-8-12/h5-8,10,13,16H,3-4,9,15H2,1-2H3. The summed E-state index contributed by atoms with van der Waals surface area (Å²) in [6.07, 6.45) is 2.24. The minimum atomic E-state index is -0.192. The molecule has 0 radical (unpaired) electrons. The molecule has 0 aliphatic rings. The minimum Gasteiger partial charge on any atom is -0.271 e. The Morgan fingerprint density at radius 2 is 1.82 bits per heavy atom. The maximum absolute atomic E-state index is 12.7. The molecule has 17 heavy (non-hydrogen) atoms. The Hall–Kier alpha value is -0.580. The molecule has 0 aliphatic carbocycles. The van der Waals surface area contributed by atoms with Crippen LogP contribution in [-0.4, -0.2) is 11.8 Å². The van der Waals surface area contributed by atoms with Crippen LogP contribution in [-0.2, 0) is 0 Å². The van der Waals surface area contributed by atoms with Crippen LogP contribution in [0.1, 0.15) is 26.7 Å². The van der Waals surface area contributed by atoms with E-state index < -0.39 is 0 Å².